The van der Waals surface area contributed by atoms with E-state index in [0.717, 1.165) is 11.3 Å². The van der Waals surface area contributed by atoms with Crippen LogP contribution in [0.3, 0.4) is 0 Å². The first-order chi connectivity index (χ1) is 11.1. The number of carbonyl (C=O) groups excluding carboxylic acids is 2. The van der Waals surface area contributed by atoms with E-state index >= 15 is 0 Å². The fraction of sp³-hybridized carbons (Fsp3) is 0.375. The molecule has 0 radical (unpaired) electrons. The van der Waals surface area contributed by atoms with Gasteiger partial charge in [-0.05, 0) is 5.56 Å². The number of nitrogens with one attached hydrogen (secondary N) is 2. The number of hydrogen-bond donors (Lipinski definition) is 3. The monoisotopic (exact) mass is 319 g/mol. The van der Waals surface area contributed by atoms with E-state index < -0.39 is 12.0 Å². The summed E-state index contributed by atoms with van der Waals surface area (Å²) in [6, 6.07) is 9.78. The van der Waals surface area contributed by atoms with E-state index in [1.807, 2.05) is 37.3 Å². The smallest absolute Gasteiger partial charge is 0.409 e. The van der Waals surface area contributed by atoms with Crippen LogP contribution in [0.15, 0.2) is 41.6 Å². The highest BCUT2D eigenvalue weighted by molar-refractivity contribution is 5.94. The van der Waals surface area contributed by atoms with Gasteiger partial charge in [0.05, 0.1) is 19.2 Å². The van der Waals surface area contributed by atoms with Crippen LogP contribution in [0, 0.1) is 5.92 Å². The molecule has 1 heterocycles. The maximum Gasteiger partial charge on any atom is 0.409 e. The molecule has 0 bridgehead atoms. The number of ether oxygens (including phenoxy) is 1. The minimum Gasteiger partial charge on any atom is -0.453 e. The van der Waals surface area contributed by atoms with E-state index in [1.54, 1.807) is 5.48 Å². The number of benzene rings is 1. The van der Waals surface area contributed by atoms with Crippen LogP contribution in [0.4, 0.5) is 4.79 Å². The summed E-state index contributed by atoms with van der Waals surface area (Å²) in [4.78, 5) is 25.1. The van der Waals surface area contributed by atoms with Crippen LogP contribution in [-0.2, 0) is 16.1 Å². The van der Waals surface area contributed by atoms with Gasteiger partial charge in [0.1, 0.15) is 0 Å². The Morgan fingerprint density at radius 3 is 2.65 bits per heavy atom. The van der Waals surface area contributed by atoms with E-state index in [1.165, 1.54) is 12.0 Å². The van der Waals surface area contributed by atoms with Crippen molar-refractivity contribution in [1.29, 1.82) is 0 Å². The Labute approximate surface area is 134 Å². The van der Waals surface area contributed by atoms with Crippen molar-refractivity contribution in [2.24, 2.45) is 5.92 Å². The second-order valence-electron chi connectivity index (χ2n) is 5.42. The van der Waals surface area contributed by atoms with Crippen molar-refractivity contribution >= 4 is 12.0 Å². The third-order valence-electron chi connectivity index (χ3n) is 3.80. The fourth-order valence-electron chi connectivity index (χ4n) is 2.66. The summed E-state index contributed by atoms with van der Waals surface area (Å²) in [5.41, 5.74) is 3.77. The first kappa shape index (κ1) is 16.8. The highest BCUT2D eigenvalue weighted by Gasteiger charge is 2.31. The van der Waals surface area contributed by atoms with Gasteiger partial charge in [0.2, 0.25) is 0 Å². The highest BCUT2D eigenvalue weighted by atomic mass is 16.5. The third-order valence-corrected chi connectivity index (χ3v) is 3.80. The first-order valence-electron chi connectivity index (χ1n) is 7.35. The Morgan fingerprint density at radius 2 is 2.04 bits per heavy atom. The fourth-order valence-corrected chi connectivity index (χ4v) is 2.66. The van der Waals surface area contributed by atoms with Gasteiger partial charge < -0.3 is 15.0 Å². The van der Waals surface area contributed by atoms with Crippen molar-refractivity contribution in [3.63, 3.8) is 0 Å². The summed E-state index contributed by atoms with van der Waals surface area (Å²) in [5, 5.41) is 12.2. The molecule has 2 amide bonds. The summed E-state index contributed by atoms with van der Waals surface area (Å²) in [6.07, 6.45) is -0.498. The number of hydroxylamine groups is 1. The number of amides is 2. The lowest BCUT2D eigenvalue weighted by atomic mass is 9.96. The van der Waals surface area contributed by atoms with Crippen molar-refractivity contribution in [2.75, 3.05) is 20.2 Å². The summed E-state index contributed by atoms with van der Waals surface area (Å²) < 4.78 is 4.71. The largest absolute Gasteiger partial charge is 0.453 e. The van der Waals surface area contributed by atoms with Gasteiger partial charge in [-0.1, -0.05) is 37.3 Å². The number of hydrogen-bond acceptors (Lipinski definition) is 5. The molecule has 1 aromatic carbocycles. The molecule has 0 saturated carbocycles. The third kappa shape index (κ3) is 4.01. The highest BCUT2D eigenvalue weighted by Crippen LogP contribution is 2.22. The number of nitrogens with zero attached hydrogens (tertiary/aromatic N) is 1. The standard InChI is InChI=1S/C16H21N3O4/c1-11-9-19(16(21)23-2)10-13(15(20)18-22)14(11)17-8-12-6-4-3-5-7-12/h3-7,11,17,22H,8-10H2,1-2H3,(H,18,20). The van der Waals surface area contributed by atoms with Gasteiger partial charge in [-0.15, -0.1) is 0 Å². The Hall–Kier alpha value is -2.54. The van der Waals surface area contributed by atoms with Gasteiger partial charge in [0.25, 0.3) is 5.91 Å². The van der Waals surface area contributed by atoms with Crippen LogP contribution in [0.25, 0.3) is 0 Å². The van der Waals surface area contributed by atoms with E-state index in [-0.39, 0.29) is 12.5 Å². The van der Waals surface area contributed by atoms with Crippen LogP contribution in [0.5, 0.6) is 0 Å². The second-order valence-corrected chi connectivity index (χ2v) is 5.42. The average molecular weight is 319 g/mol. The van der Waals surface area contributed by atoms with Crippen molar-refractivity contribution in [2.45, 2.75) is 13.5 Å². The molecule has 3 N–H and O–H groups in total. The van der Waals surface area contributed by atoms with Gasteiger partial charge >= 0.3 is 6.09 Å². The average Bonchev–Trinajstić information content (AvgIpc) is 2.59. The van der Waals surface area contributed by atoms with E-state index in [4.69, 9.17) is 9.94 Å². The molecule has 7 heteroatoms. The summed E-state index contributed by atoms with van der Waals surface area (Å²) in [7, 11) is 1.30. The minimum absolute atomic E-state index is 0.0839. The zero-order valence-electron chi connectivity index (χ0n) is 13.2. The number of rotatable bonds is 4. The van der Waals surface area contributed by atoms with Crippen molar-refractivity contribution in [3.05, 3.63) is 47.2 Å². The first-order valence-corrected chi connectivity index (χ1v) is 7.35. The Kier molecular flexibility index (Phi) is 5.59. The normalized spacial score (nSPS) is 17.7. The van der Waals surface area contributed by atoms with E-state index in [0.29, 0.717) is 18.7 Å². The second kappa shape index (κ2) is 7.64. The maximum absolute atomic E-state index is 12.0. The topological polar surface area (TPSA) is 90.9 Å². The molecule has 1 aliphatic heterocycles. The predicted octanol–water partition coefficient (Wildman–Crippen LogP) is 1.25. The summed E-state index contributed by atoms with van der Waals surface area (Å²) >= 11 is 0. The zero-order chi connectivity index (χ0) is 16.8. The molecular formula is C16H21N3O4. The molecule has 7 nitrogen and oxygen atoms in total. The van der Waals surface area contributed by atoms with Crippen LogP contribution < -0.4 is 10.8 Å². The molecule has 0 saturated heterocycles. The molecule has 0 spiro atoms. The zero-order valence-corrected chi connectivity index (χ0v) is 13.2. The van der Waals surface area contributed by atoms with Gasteiger partial charge in [0, 0.05) is 24.7 Å². The van der Waals surface area contributed by atoms with Crippen LogP contribution in [0.1, 0.15) is 12.5 Å². The Bertz CT molecular complexity index is 601. The molecule has 1 atom stereocenters. The summed E-state index contributed by atoms with van der Waals surface area (Å²) in [6.45, 7) is 2.99. The molecule has 0 aromatic heterocycles. The summed E-state index contributed by atoms with van der Waals surface area (Å²) in [5.74, 6) is -0.708. The Morgan fingerprint density at radius 1 is 1.35 bits per heavy atom. The van der Waals surface area contributed by atoms with Crippen molar-refractivity contribution in [3.8, 4) is 0 Å². The lowest BCUT2D eigenvalue weighted by molar-refractivity contribution is -0.125. The molecule has 1 aliphatic rings. The van der Waals surface area contributed by atoms with Gasteiger partial charge in [0.15, 0.2) is 0 Å². The van der Waals surface area contributed by atoms with Gasteiger partial charge in [-0.3, -0.25) is 10.0 Å². The van der Waals surface area contributed by atoms with Gasteiger partial charge in [-0.2, -0.15) is 0 Å². The van der Waals surface area contributed by atoms with Crippen molar-refractivity contribution in [1.82, 2.24) is 15.7 Å². The number of carbonyl (C=O) groups is 2. The van der Waals surface area contributed by atoms with Crippen LogP contribution in [-0.4, -0.2) is 42.3 Å². The molecule has 124 valence electrons. The number of methoxy groups -OCH3 is 1. The van der Waals surface area contributed by atoms with E-state index in [2.05, 4.69) is 5.32 Å². The molecule has 23 heavy (non-hydrogen) atoms. The minimum atomic E-state index is -0.624. The van der Waals surface area contributed by atoms with Crippen molar-refractivity contribution < 1.29 is 19.5 Å². The molecule has 0 aliphatic carbocycles. The lowest BCUT2D eigenvalue weighted by Crippen LogP contribution is -2.46. The molecule has 1 unspecified atom stereocenters. The molecule has 1 aromatic rings. The molecule has 2 rings (SSSR count). The maximum atomic E-state index is 12.0. The van der Waals surface area contributed by atoms with Crippen LogP contribution in [0.2, 0.25) is 0 Å². The SMILES string of the molecule is COC(=O)N1CC(C(=O)NO)=C(NCc2ccccc2)C(C)C1. The van der Waals surface area contributed by atoms with Crippen LogP contribution >= 0.6 is 0 Å². The molecular weight excluding hydrogens is 298 g/mol. The lowest BCUT2D eigenvalue weighted by Gasteiger charge is -2.33. The van der Waals surface area contributed by atoms with E-state index in [9.17, 15) is 9.59 Å². The van der Waals surface area contributed by atoms with Gasteiger partial charge in [-0.25, -0.2) is 10.3 Å². The predicted molar refractivity (Wildman–Crippen MR) is 83.4 cm³/mol. The quantitative estimate of drug-likeness (QED) is 0.574. The molecule has 0 fully saturated rings. The Balaban J connectivity index is 2.21.